The molecule has 1 saturated heterocycles. The molecule has 2 rings (SSSR count). The molecule has 2 aliphatic rings. The van der Waals surface area contributed by atoms with Gasteiger partial charge in [0.25, 0.3) is 0 Å². The van der Waals surface area contributed by atoms with Gasteiger partial charge in [0, 0.05) is 44.7 Å². The number of rotatable bonds is 3. The highest BCUT2D eigenvalue weighted by atomic mass is 16.5. The molecule has 94 valence electrons. The molecule has 2 fully saturated rings. The van der Waals surface area contributed by atoms with Crippen molar-refractivity contribution in [2.24, 2.45) is 5.73 Å². The molecule has 16 heavy (non-hydrogen) atoms. The van der Waals surface area contributed by atoms with Crippen LogP contribution in [0.1, 0.15) is 32.1 Å². The second-order valence-electron chi connectivity index (χ2n) is 5.48. The first-order valence-electron chi connectivity index (χ1n) is 6.35. The van der Waals surface area contributed by atoms with Crippen molar-refractivity contribution in [3.63, 3.8) is 0 Å². The number of nitrogens with two attached hydrogens (primary N) is 1. The van der Waals surface area contributed by atoms with Crippen LogP contribution in [0.25, 0.3) is 0 Å². The number of nitrogens with zero attached hydrogens (tertiary/aromatic N) is 1. The fourth-order valence-electron chi connectivity index (χ4n) is 2.89. The third-order valence-corrected chi connectivity index (χ3v) is 4.04. The van der Waals surface area contributed by atoms with Crippen LogP contribution in [0.5, 0.6) is 0 Å². The first-order valence-corrected chi connectivity index (χ1v) is 6.35. The summed E-state index contributed by atoms with van der Waals surface area (Å²) < 4.78 is 5.29. The van der Waals surface area contributed by atoms with Crippen LogP contribution in [0.15, 0.2) is 0 Å². The summed E-state index contributed by atoms with van der Waals surface area (Å²) in [5, 5.41) is 10.4. The minimum atomic E-state index is -0.542. The van der Waals surface area contributed by atoms with Crippen molar-refractivity contribution in [3.05, 3.63) is 0 Å². The van der Waals surface area contributed by atoms with E-state index in [0.717, 1.165) is 32.2 Å². The number of ether oxygens (including phenoxy) is 1. The zero-order valence-corrected chi connectivity index (χ0v) is 10.2. The fourth-order valence-corrected chi connectivity index (χ4v) is 2.89. The van der Waals surface area contributed by atoms with E-state index in [1.54, 1.807) is 0 Å². The maximum absolute atomic E-state index is 10.4. The molecule has 1 aliphatic carbocycles. The van der Waals surface area contributed by atoms with Crippen molar-refractivity contribution >= 4 is 0 Å². The van der Waals surface area contributed by atoms with E-state index in [4.69, 9.17) is 10.5 Å². The third-order valence-electron chi connectivity index (χ3n) is 4.04. The Labute approximate surface area is 97.7 Å². The zero-order chi connectivity index (χ0) is 11.6. The first kappa shape index (κ1) is 12.3. The number of aliphatic hydroxyl groups is 1. The highest BCUT2D eigenvalue weighted by molar-refractivity contribution is 4.89. The van der Waals surface area contributed by atoms with Gasteiger partial charge < -0.3 is 20.5 Å². The van der Waals surface area contributed by atoms with Gasteiger partial charge in [0.1, 0.15) is 0 Å². The van der Waals surface area contributed by atoms with Gasteiger partial charge in [-0.2, -0.15) is 0 Å². The van der Waals surface area contributed by atoms with Crippen LogP contribution < -0.4 is 5.73 Å². The Kier molecular flexibility index (Phi) is 3.85. The Balaban J connectivity index is 1.83. The standard InChI is InChI=1S/C12H24N2O2/c1-14(11-3-2-10(13)8-11)9-12(15)4-6-16-7-5-12/h10-11,15H,2-9,13H2,1H3. The average molecular weight is 228 g/mol. The molecule has 4 nitrogen and oxygen atoms in total. The molecule has 1 aliphatic heterocycles. The summed E-state index contributed by atoms with van der Waals surface area (Å²) >= 11 is 0. The summed E-state index contributed by atoms with van der Waals surface area (Å²) in [7, 11) is 2.11. The van der Waals surface area contributed by atoms with Crippen molar-refractivity contribution in [1.29, 1.82) is 0 Å². The quantitative estimate of drug-likeness (QED) is 0.731. The van der Waals surface area contributed by atoms with Crippen molar-refractivity contribution < 1.29 is 9.84 Å². The maximum atomic E-state index is 10.4. The second-order valence-corrected chi connectivity index (χ2v) is 5.48. The van der Waals surface area contributed by atoms with Gasteiger partial charge in [0.2, 0.25) is 0 Å². The molecule has 1 heterocycles. The highest BCUT2D eigenvalue weighted by Gasteiger charge is 2.34. The summed E-state index contributed by atoms with van der Waals surface area (Å²) in [6.45, 7) is 2.14. The number of likely N-dealkylation sites (N-methyl/N-ethyl adjacent to an activating group) is 1. The molecule has 0 radical (unpaired) electrons. The van der Waals surface area contributed by atoms with E-state index in [1.165, 1.54) is 6.42 Å². The monoisotopic (exact) mass is 228 g/mol. The molecule has 0 spiro atoms. The summed E-state index contributed by atoms with van der Waals surface area (Å²) in [6.07, 6.45) is 4.89. The molecule has 1 saturated carbocycles. The summed E-state index contributed by atoms with van der Waals surface area (Å²) in [5.41, 5.74) is 5.38. The molecular formula is C12H24N2O2. The van der Waals surface area contributed by atoms with E-state index >= 15 is 0 Å². The normalized spacial score (nSPS) is 34.5. The lowest BCUT2D eigenvalue weighted by Gasteiger charge is -2.37. The van der Waals surface area contributed by atoms with Crippen LogP contribution >= 0.6 is 0 Å². The Morgan fingerprint density at radius 1 is 1.38 bits per heavy atom. The molecule has 2 unspecified atom stereocenters. The van der Waals surface area contributed by atoms with Gasteiger partial charge in [-0.25, -0.2) is 0 Å². The second kappa shape index (κ2) is 5.00. The highest BCUT2D eigenvalue weighted by Crippen LogP contribution is 2.26. The minimum Gasteiger partial charge on any atom is -0.388 e. The van der Waals surface area contributed by atoms with Gasteiger partial charge in [-0.1, -0.05) is 0 Å². The largest absolute Gasteiger partial charge is 0.388 e. The van der Waals surface area contributed by atoms with Gasteiger partial charge in [0.05, 0.1) is 5.60 Å². The summed E-state index contributed by atoms with van der Waals surface area (Å²) in [4.78, 5) is 2.29. The van der Waals surface area contributed by atoms with Crippen LogP contribution in [0.3, 0.4) is 0 Å². The van der Waals surface area contributed by atoms with Crippen LogP contribution in [0.2, 0.25) is 0 Å². The Morgan fingerprint density at radius 3 is 2.62 bits per heavy atom. The predicted molar refractivity (Wildman–Crippen MR) is 63.2 cm³/mol. The smallest absolute Gasteiger partial charge is 0.0817 e. The summed E-state index contributed by atoms with van der Waals surface area (Å²) in [6, 6.07) is 0.915. The maximum Gasteiger partial charge on any atom is 0.0817 e. The van der Waals surface area contributed by atoms with E-state index in [1.807, 2.05) is 0 Å². The Morgan fingerprint density at radius 2 is 2.06 bits per heavy atom. The minimum absolute atomic E-state index is 0.358. The molecule has 0 amide bonds. The van der Waals surface area contributed by atoms with E-state index < -0.39 is 5.60 Å². The van der Waals surface area contributed by atoms with Gasteiger partial charge in [0.15, 0.2) is 0 Å². The third kappa shape index (κ3) is 2.94. The molecule has 4 heteroatoms. The molecule has 0 bridgehead atoms. The fraction of sp³-hybridized carbons (Fsp3) is 1.00. The van der Waals surface area contributed by atoms with Gasteiger partial charge in [-0.15, -0.1) is 0 Å². The summed E-state index contributed by atoms with van der Waals surface area (Å²) in [5.74, 6) is 0. The van der Waals surface area contributed by atoms with Crippen molar-refractivity contribution in [3.8, 4) is 0 Å². The van der Waals surface area contributed by atoms with Gasteiger partial charge >= 0.3 is 0 Å². The molecule has 2 atom stereocenters. The molecule has 0 aromatic heterocycles. The first-order chi connectivity index (χ1) is 7.59. The zero-order valence-electron chi connectivity index (χ0n) is 10.2. The van der Waals surface area contributed by atoms with E-state index in [-0.39, 0.29) is 0 Å². The van der Waals surface area contributed by atoms with Crippen molar-refractivity contribution in [2.45, 2.75) is 49.8 Å². The average Bonchev–Trinajstić information content (AvgIpc) is 2.65. The Bertz CT molecular complexity index is 229. The van der Waals surface area contributed by atoms with E-state index in [9.17, 15) is 5.11 Å². The lowest BCUT2D eigenvalue weighted by Crippen LogP contribution is -2.48. The van der Waals surface area contributed by atoms with Crippen molar-refractivity contribution in [2.75, 3.05) is 26.8 Å². The molecular weight excluding hydrogens is 204 g/mol. The number of hydrogen-bond donors (Lipinski definition) is 2. The topological polar surface area (TPSA) is 58.7 Å². The SMILES string of the molecule is CN(CC1(O)CCOCC1)C1CCC(N)C1. The predicted octanol–water partition coefficient (Wildman–Crippen LogP) is 0.340. The van der Waals surface area contributed by atoms with E-state index in [0.29, 0.717) is 25.3 Å². The lowest BCUT2D eigenvalue weighted by molar-refractivity contribution is -0.0811. The van der Waals surface area contributed by atoms with Crippen LogP contribution in [-0.4, -0.2) is 54.5 Å². The van der Waals surface area contributed by atoms with Gasteiger partial charge in [-0.05, 0) is 26.3 Å². The Hall–Kier alpha value is -0.160. The van der Waals surface area contributed by atoms with Crippen LogP contribution in [-0.2, 0) is 4.74 Å². The molecule has 0 aromatic carbocycles. The molecule has 3 N–H and O–H groups in total. The van der Waals surface area contributed by atoms with Crippen LogP contribution in [0, 0.1) is 0 Å². The number of hydrogen-bond acceptors (Lipinski definition) is 4. The van der Waals surface area contributed by atoms with E-state index in [2.05, 4.69) is 11.9 Å². The van der Waals surface area contributed by atoms with Crippen molar-refractivity contribution in [1.82, 2.24) is 4.90 Å². The van der Waals surface area contributed by atoms with Gasteiger partial charge in [-0.3, -0.25) is 0 Å². The lowest BCUT2D eigenvalue weighted by atomic mass is 9.93. The molecule has 0 aromatic rings. The van der Waals surface area contributed by atoms with Crippen LogP contribution in [0.4, 0.5) is 0 Å².